The standard InChI is InChI=1S/C48H51BrN6O9/c1-28(2)50-47(60)64-42(31-15-9-6-10-16-31)46(59)55-26-12-18-37(55)43(56)51-33-21-19-32(20-22-33)41-39(49)35-27-34(23-24-38(35)63-41)52-44(57)36-17-11-25-54(36)45(58)40(30-13-7-5-8-14-30)53-48(61)62-29(3)4/h5-10,13-16,19-24,27-29,36-37,40,42H,11-12,17-18,25-26H2,1-4H3,(H,50,60)(H,51,56)(H,52,57)(H,53,61)/t36-,37-,40+,42+/m0/s1. The number of carbonyl (C=O) groups excluding carboxylic acids is 6. The summed E-state index contributed by atoms with van der Waals surface area (Å²) < 4.78 is 17.8. The molecule has 7 rings (SSSR count). The van der Waals surface area contributed by atoms with Gasteiger partial charge in [0.15, 0.2) is 0 Å². The molecule has 0 bridgehead atoms. The lowest BCUT2D eigenvalue weighted by molar-refractivity contribution is -0.144. The van der Waals surface area contributed by atoms with E-state index < -0.39 is 48.2 Å². The molecule has 6 amide bonds. The molecule has 2 saturated heterocycles. The number of hydrogen-bond donors (Lipinski definition) is 4. The number of rotatable bonds is 13. The van der Waals surface area contributed by atoms with Gasteiger partial charge < -0.3 is 45.0 Å². The number of carbonyl (C=O) groups is 6. The highest BCUT2D eigenvalue weighted by Gasteiger charge is 2.40. The van der Waals surface area contributed by atoms with Crippen molar-refractivity contribution in [2.24, 2.45) is 0 Å². The molecular weight excluding hydrogens is 884 g/mol. The minimum Gasteiger partial charge on any atom is -0.455 e. The van der Waals surface area contributed by atoms with Crippen LogP contribution in [0.5, 0.6) is 0 Å². The van der Waals surface area contributed by atoms with Gasteiger partial charge in [0.25, 0.3) is 11.8 Å². The van der Waals surface area contributed by atoms with Crippen LogP contribution >= 0.6 is 15.9 Å². The summed E-state index contributed by atoms with van der Waals surface area (Å²) in [7, 11) is 0. The average molecular weight is 936 g/mol. The van der Waals surface area contributed by atoms with Crippen LogP contribution in [-0.2, 0) is 28.7 Å². The van der Waals surface area contributed by atoms with Gasteiger partial charge in [-0.3, -0.25) is 19.2 Å². The number of amides is 6. The number of likely N-dealkylation sites (tertiary alicyclic amines) is 2. The van der Waals surface area contributed by atoms with Crippen LogP contribution in [0, 0.1) is 0 Å². The molecule has 16 heteroatoms. The molecule has 2 aliphatic rings. The van der Waals surface area contributed by atoms with E-state index in [0.29, 0.717) is 88.0 Å². The topological polar surface area (TPSA) is 189 Å². The number of furan rings is 1. The van der Waals surface area contributed by atoms with E-state index in [0.717, 1.165) is 0 Å². The third-order valence-corrected chi connectivity index (χ3v) is 11.7. The number of anilines is 2. The van der Waals surface area contributed by atoms with Gasteiger partial charge in [-0.2, -0.15) is 0 Å². The van der Waals surface area contributed by atoms with Gasteiger partial charge in [0.1, 0.15) is 29.5 Å². The summed E-state index contributed by atoms with van der Waals surface area (Å²) in [5, 5.41) is 12.0. The number of halogens is 1. The van der Waals surface area contributed by atoms with Crippen LogP contribution in [0.4, 0.5) is 21.0 Å². The summed E-state index contributed by atoms with van der Waals surface area (Å²) in [6.07, 6.45) is -0.935. The SMILES string of the molecule is CC(C)NC(=O)O[C@@H](C(=O)N1CCC[C@H]1C(=O)Nc1ccc(-c2oc3ccc(NC(=O)[C@@H]4CCCN4C(=O)[C@H](NC(=O)OC(C)C)c4ccccc4)cc3c2Br)cc1)c1ccccc1. The lowest BCUT2D eigenvalue weighted by atomic mass is 10.0. The first-order chi connectivity index (χ1) is 30.8. The van der Waals surface area contributed by atoms with E-state index in [9.17, 15) is 28.8 Å². The van der Waals surface area contributed by atoms with E-state index >= 15 is 0 Å². The van der Waals surface area contributed by atoms with Gasteiger partial charge in [0.05, 0.1) is 10.6 Å². The third kappa shape index (κ3) is 10.6. The molecule has 5 aromatic rings. The Hall–Kier alpha value is -6.68. The fourth-order valence-electron chi connectivity index (χ4n) is 7.97. The summed E-state index contributed by atoms with van der Waals surface area (Å²) in [5.41, 5.74) is 3.36. The highest BCUT2D eigenvalue weighted by atomic mass is 79.9. The second-order valence-electron chi connectivity index (χ2n) is 16.3. The van der Waals surface area contributed by atoms with Gasteiger partial charge >= 0.3 is 12.2 Å². The van der Waals surface area contributed by atoms with Gasteiger partial charge in [-0.1, -0.05) is 60.7 Å². The number of benzene rings is 4. The van der Waals surface area contributed by atoms with Crippen molar-refractivity contribution in [3.05, 3.63) is 119 Å². The molecule has 3 heterocycles. The Kier molecular flexibility index (Phi) is 14.3. The molecule has 0 saturated carbocycles. The molecule has 2 aliphatic heterocycles. The smallest absolute Gasteiger partial charge is 0.408 e. The second-order valence-corrected chi connectivity index (χ2v) is 17.1. The lowest BCUT2D eigenvalue weighted by Gasteiger charge is -2.29. The van der Waals surface area contributed by atoms with Crippen molar-refractivity contribution in [3.8, 4) is 11.3 Å². The van der Waals surface area contributed by atoms with E-state index in [1.54, 1.807) is 125 Å². The second kappa shape index (κ2) is 20.2. The Bertz CT molecular complexity index is 2500. The van der Waals surface area contributed by atoms with Crippen molar-refractivity contribution in [1.29, 1.82) is 0 Å². The maximum Gasteiger partial charge on any atom is 0.408 e. The molecule has 4 aromatic carbocycles. The molecule has 2 fully saturated rings. The maximum atomic E-state index is 14.0. The van der Waals surface area contributed by atoms with Gasteiger partial charge in [-0.25, -0.2) is 9.59 Å². The number of ether oxygens (including phenoxy) is 2. The summed E-state index contributed by atoms with van der Waals surface area (Å²) >= 11 is 3.69. The van der Waals surface area contributed by atoms with Crippen molar-refractivity contribution in [2.75, 3.05) is 23.7 Å². The van der Waals surface area contributed by atoms with Crippen molar-refractivity contribution >= 4 is 74.1 Å². The summed E-state index contributed by atoms with van der Waals surface area (Å²) in [6.45, 7) is 7.71. The first-order valence-electron chi connectivity index (χ1n) is 21.4. The van der Waals surface area contributed by atoms with E-state index in [1.807, 2.05) is 6.07 Å². The minimum atomic E-state index is -1.22. The molecule has 0 unspecified atom stereocenters. The molecule has 4 atom stereocenters. The normalized spacial score (nSPS) is 16.9. The van der Waals surface area contributed by atoms with Gasteiger partial charge in [0, 0.05) is 47.0 Å². The van der Waals surface area contributed by atoms with Crippen LogP contribution in [0.3, 0.4) is 0 Å². The average Bonchev–Trinajstić information content (AvgIpc) is 4.05. The van der Waals surface area contributed by atoms with Crippen LogP contribution in [0.25, 0.3) is 22.3 Å². The van der Waals surface area contributed by atoms with E-state index in [4.69, 9.17) is 13.9 Å². The third-order valence-electron chi connectivity index (χ3n) is 10.9. The minimum absolute atomic E-state index is 0.194. The molecule has 1 aromatic heterocycles. The highest BCUT2D eigenvalue weighted by molar-refractivity contribution is 9.10. The van der Waals surface area contributed by atoms with Crippen molar-refractivity contribution in [1.82, 2.24) is 20.4 Å². The van der Waals surface area contributed by atoms with Crippen LogP contribution in [0.15, 0.2) is 112 Å². The van der Waals surface area contributed by atoms with E-state index in [-0.39, 0.29) is 24.0 Å². The number of fused-ring (bicyclic) bond motifs is 1. The Balaban J connectivity index is 1.01. The molecule has 4 N–H and O–H groups in total. The van der Waals surface area contributed by atoms with Crippen molar-refractivity contribution < 1.29 is 42.7 Å². The Morgan fingerprint density at radius 3 is 1.80 bits per heavy atom. The molecule has 334 valence electrons. The lowest BCUT2D eigenvalue weighted by Crippen LogP contribution is -2.48. The number of nitrogens with one attached hydrogen (secondary N) is 4. The zero-order valence-electron chi connectivity index (χ0n) is 36.0. The number of hydrogen-bond acceptors (Lipinski definition) is 9. The van der Waals surface area contributed by atoms with Gasteiger partial charge in [-0.05, 0) is 117 Å². The Morgan fingerprint density at radius 1 is 0.656 bits per heavy atom. The van der Waals surface area contributed by atoms with Crippen molar-refractivity contribution in [2.45, 2.75) is 89.8 Å². The maximum absolute atomic E-state index is 14.0. The monoisotopic (exact) mass is 934 g/mol. The fourth-order valence-corrected chi connectivity index (χ4v) is 8.59. The van der Waals surface area contributed by atoms with Gasteiger partial charge in [0.2, 0.25) is 17.9 Å². The molecular formula is C48H51BrN6O9. The molecule has 0 spiro atoms. The van der Waals surface area contributed by atoms with Crippen LogP contribution in [-0.4, -0.2) is 82.9 Å². The molecule has 64 heavy (non-hydrogen) atoms. The quantitative estimate of drug-likeness (QED) is 0.0898. The summed E-state index contributed by atoms with van der Waals surface area (Å²) in [6, 6.07) is 27.2. The highest BCUT2D eigenvalue weighted by Crippen LogP contribution is 2.39. The van der Waals surface area contributed by atoms with Crippen LogP contribution < -0.4 is 21.3 Å². The fraction of sp³-hybridized carbons (Fsp3) is 0.333. The molecule has 15 nitrogen and oxygen atoms in total. The molecule has 0 aliphatic carbocycles. The predicted molar refractivity (Wildman–Crippen MR) is 244 cm³/mol. The van der Waals surface area contributed by atoms with E-state index in [1.165, 1.54) is 9.80 Å². The first kappa shape index (κ1) is 45.3. The first-order valence-corrected chi connectivity index (χ1v) is 22.2. The van der Waals surface area contributed by atoms with Crippen LogP contribution in [0.1, 0.15) is 76.7 Å². The Morgan fingerprint density at radius 2 is 1.20 bits per heavy atom. The number of nitrogens with zero attached hydrogens (tertiary/aromatic N) is 2. The largest absolute Gasteiger partial charge is 0.455 e. The zero-order chi connectivity index (χ0) is 45.5. The van der Waals surface area contributed by atoms with E-state index in [2.05, 4.69) is 37.2 Å². The van der Waals surface area contributed by atoms with Gasteiger partial charge in [-0.15, -0.1) is 0 Å². The zero-order valence-corrected chi connectivity index (χ0v) is 37.6. The summed E-state index contributed by atoms with van der Waals surface area (Å²) in [4.78, 5) is 83.6. The number of alkyl carbamates (subject to hydrolysis) is 2. The molecule has 0 radical (unpaired) electrons. The Labute approximate surface area is 379 Å². The predicted octanol–water partition coefficient (Wildman–Crippen LogP) is 8.47. The summed E-state index contributed by atoms with van der Waals surface area (Å²) in [5.74, 6) is -1.07. The van der Waals surface area contributed by atoms with Crippen LogP contribution in [0.2, 0.25) is 0 Å². The van der Waals surface area contributed by atoms with Crippen molar-refractivity contribution in [3.63, 3.8) is 0 Å².